The highest BCUT2D eigenvalue weighted by Crippen LogP contribution is 2.29. The van der Waals surface area contributed by atoms with E-state index in [1.807, 2.05) is 18.4 Å². The van der Waals surface area contributed by atoms with Crippen LogP contribution < -0.4 is 0 Å². The first-order valence-electron chi connectivity index (χ1n) is 4.04. The lowest BCUT2D eigenvalue weighted by Gasteiger charge is -2.05. The molecule has 0 fully saturated rings. The molecule has 1 atom stereocenters. The lowest BCUT2D eigenvalue weighted by atomic mass is 10.2. The quantitative estimate of drug-likeness (QED) is 0.797. The zero-order valence-electron chi connectivity index (χ0n) is 7.23. The maximum Gasteiger partial charge on any atom is 0.146 e. The van der Waals surface area contributed by atoms with Crippen molar-refractivity contribution in [2.24, 2.45) is 0 Å². The summed E-state index contributed by atoms with van der Waals surface area (Å²) in [6, 6.07) is 5.55. The number of furan rings is 1. The SMILES string of the molecule is Cc1ccsc1[C@@H](O)c1ccco1. The fraction of sp³-hybridized carbons (Fsp3) is 0.200. The van der Waals surface area contributed by atoms with Crippen LogP contribution in [0.15, 0.2) is 34.3 Å². The van der Waals surface area contributed by atoms with Crippen LogP contribution in [0.2, 0.25) is 0 Å². The summed E-state index contributed by atoms with van der Waals surface area (Å²) in [5.41, 5.74) is 1.11. The highest BCUT2D eigenvalue weighted by atomic mass is 32.1. The van der Waals surface area contributed by atoms with Crippen LogP contribution in [0.1, 0.15) is 22.3 Å². The Morgan fingerprint density at radius 2 is 2.31 bits per heavy atom. The molecule has 0 saturated heterocycles. The fourth-order valence-electron chi connectivity index (χ4n) is 1.24. The number of rotatable bonds is 2. The van der Waals surface area contributed by atoms with Gasteiger partial charge in [0.25, 0.3) is 0 Å². The van der Waals surface area contributed by atoms with Gasteiger partial charge in [-0.3, -0.25) is 0 Å². The van der Waals surface area contributed by atoms with Crippen LogP contribution in [-0.2, 0) is 0 Å². The molecule has 0 bridgehead atoms. The number of aryl methyl sites for hydroxylation is 1. The minimum Gasteiger partial charge on any atom is -0.466 e. The summed E-state index contributed by atoms with van der Waals surface area (Å²) in [5.74, 6) is 0.602. The molecule has 2 nitrogen and oxygen atoms in total. The fourth-order valence-corrected chi connectivity index (χ4v) is 2.16. The summed E-state index contributed by atoms with van der Waals surface area (Å²) in [5, 5.41) is 11.8. The summed E-state index contributed by atoms with van der Waals surface area (Å²) in [6.45, 7) is 1.98. The predicted molar refractivity (Wildman–Crippen MR) is 51.8 cm³/mol. The van der Waals surface area contributed by atoms with Gasteiger partial charge in [-0.05, 0) is 36.1 Å². The Morgan fingerprint density at radius 3 is 2.85 bits per heavy atom. The van der Waals surface area contributed by atoms with E-state index in [1.165, 1.54) is 0 Å². The highest BCUT2D eigenvalue weighted by molar-refractivity contribution is 7.10. The number of hydrogen-bond acceptors (Lipinski definition) is 3. The number of aliphatic hydroxyl groups is 1. The third kappa shape index (κ3) is 1.53. The van der Waals surface area contributed by atoms with Crippen molar-refractivity contribution in [3.8, 4) is 0 Å². The second kappa shape index (κ2) is 3.36. The van der Waals surface area contributed by atoms with Crippen LogP contribution in [0.3, 0.4) is 0 Å². The smallest absolute Gasteiger partial charge is 0.146 e. The van der Waals surface area contributed by atoms with Gasteiger partial charge in [-0.15, -0.1) is 11.3 Å². The monoisotopic (exact) mass is 194 g/mol. The molecule has 0 radical (unpaired) electrons. The van der Waals surface area contributed by atoms with Crippen molar-refractivity contribution in [3.05, 3.63) is 46.0 Å². The van der Waals surface area contributed by atoms with E-state index < -0.39 is 6.10 Å². The first kappa shape index (κ1) is 8.53. The zero-order chi connectivity index (χ0) is 9.26. The van der Waals surface area contributed by atoms with Gasteiger partial charge in [-0.2, -0.15) is 0 Å². The van der Waals surface area contributed by atoms with Gasteiger partial charge in [0.15, 0.2) is 0 Å². The summed E-state index contributed by atoms with van der Waals surface area (Å²) >= 11 is 1.55. The van der Waals surface area contributed by atoms with Gasteiger partial charge < -0.3 is 9.52 Å². The Bertz CT molecular complexity index is 375. The molecule has 0 amide bonds. The van der Waals surface area contributed by atoms with Crippen LogP contribution in [-0.4, -0.2) is 5.11 Å². The molecule has 1 N–H and O–H groups in total. The third-order valence-electron chi connectivity index (χ3n) is 1.96. The van der Waals surface area contributed by atoms with Crippen molar-refractivity contribution >= 4 is 11.3 Å². The molecular weight excluding hydrogens is 184 g/mol. The average Bonchev–Trinajstić information content (AvgIpc) is 2.72. The first-order chi connectivity index (χ1) is 6.29. The molecule has 68 valence electrons. The van der Waals surface area contributed by atoms with E-state index in [9.17, 15) is 5.11 Å². The topological polar surface area (TPSA) is 33.4 Å². The van der Waals surface area contributed by atoms with E-state index in [0.717, 1.165) is 10.4 Å². The second-order valence-electron chi connectivity index (χ2n) is 2.89. The van der Waals surface area contributed by atoms with Gasteiger partial charge in [0.05, 0.1) is 6.26 Å². The minimum atomic E-state index is -0.616. The van der Waals surface area contributed by atoms with Crippen molar-refractivity contribution < 1.29 is 9.52 Å². The molecule has 0 unspecified atom stereocenters. The molecule has 0 aliphatic rings. The van der Waals surface area contributed by atoms with Gasteiger partial charge in [0.2, 0.25) is 0 Å². The molecule has 0 aliphatic heterocycles. The first-order valence-corrected chi connectivity index (χ1v) is 4.92. The van der Waals surface area contributed by atoms with Gasteiger partial charge in [-0.25, -0.2) is 0 Å². The normalized spacial score (nSPS) is 13.1. The summed E-state index contributed by atoms with van der Waals surface area (Å²) in [6.07, 6.45) is 0.955. The Hall–Kier alpha value is -1.06. The molecule has 13 heavy (non-hydrogen) atoms. The van der Waals surface area contributed by atoms with Gasteiger partial charge in [-0.1, -0.05) is 0 Å². The minimum absolute atomic E-state index is 0.602. The van der Waals surface area contributed by atoms with Gasteiger partial charge >= 0.3 is 0 Å². The Morgan fingerprint density at radius 1 is 1.46 bits per heavy atom. The summed E-state index contributed by atoms with van der Waals surface area (Å²) in [4.78, 5) is 0.954. The average molecular weight is 194 g/mol. The van der Waals surface area contributed by atoms with Crippen LogP contribution in [0.4, 0.5) is 0 Å². The molecule has 2 aromatic rings. The number of thiophene rings is 1. The van der Waals surface area contributed by atoms with Crippen LogP contribution in [0.25, 0.3) is 0 Å². The van der Waals surface area contributed by atoms with E-state index >= 15 is 0 Å². The van der Waals surface area contributed by atoms with E-state index in [4.69, 9.17) is 4.42 Å². The van der Waals surface area contributed by atoms with Crippen molar-refractivity contribution in [2.75, 3.05) is 0 Å². The molecule has 0 aromatic carbocycles. The van der Waals surface area contributed by atoms with E-state index in [2.05, 4.69) is 0 Å². The summed E-state index contributed by atoms with van der Waals surface area (Å²) in [7, 11) is 0. The van der Waals surface area contributed by atoms with Crippen LogP contribution in [0, 0.1) is 6.92 Å². The van der Waals surface area contributed by atoms with Gasteiger partial charge in [0, 0.05) is 4.88 Å². The molecule has 0 spiro atoms. The zero-order valence-corrected chi connectivity index (χ0v) is 8.04. The summed E-state index contributed by atoms with van der Waals surface area (Å²) < 4.78 is 5.13. The van der Waals surface area contributed by atoms with E-state index in [1.54, 1.807) is 29.7 Å². The van der Waals surface area contributed by atoms with Crippen molar-refractivity contribution in [2.45, 2.75) is 13.0 Å². The third-order valence-corrected chi connectivity index (χ3v) is 3.03. The molecule has 0 aliphatic carbocycles. The largest absolute Gasteiger partial charge is 0.466 e. The van der Waals surface area contributed by atoms with Gasteiger partial charge in [0.1, 0.15) is 11.9 Å². The second-order valence-corrected chi connectivity index (χ2v) is 3.83. The lowest BCUT2D eigenvalue weighted by molar-refractivity contribution is 0.192. The standard InChI is InChI=1S/C10H10O2S/c1-7-4-6-13-10(7)9(11)8-3-2-5-12-8/h2-6,9,11H,1H3/t9-/m0/s1. The van der Waals surface area contributed by atoms with Crippen LogP contribution >= 0.6 is 11.3 Å². The predicted octanol–water partition coefficient (Wildman–Crippen LogP) is 2.73. The number of aliphatic hydroxyl groups excluding tert-OH is 1. The lowest BCUT2D eigenvalue weighted by Crippen LogP contribution is -1.96. The number of hydrogen-bond donors (Lipinski definition) is 1. The molecule has 2 rings (SSSR count). The Labute approximate surface area is 80.4 Å². The van der Waals surface area contributed by atoms with Crippen LogP contribution in [0.5, 0.6) is 0 Å². The van der Waals surface area contributed by atoms with Crippen molar-refractivity contribution in [1.29, 1.82) is 0 Å². The maximum atomic E-state index is 9.87. The Kier molecular flexibility index (Phi) is 2.20. The molecule has 2 heterocycles. The molecule has 2 aromatic heterocycles. The molecule has 0 saturated carbocycles. The van der Waals surface area contributed by atoms with E-state index in [-0.39, 0.29) is 0 Å². The highest BCUT2D eigenvalue weighted by Gasteiger charge is 2.15. The van der Waals surface area contributed by atoms with E-state index in [0.29, 0.717) is 5.76 Å². The molecule has 3 heteroatoms. The Balaban J connectivity index is 2.33. The van der Waals surface area contributed by atoms with Crippen molar-refractivity contribution in [3.63, 3.8) is 0 Å². The molecular formula is C10H10O2S. The maximum absolute atomic E-state index is 9.87. The van der Waals surface area contributed by atoms with Crippen molar-refractivity contribution in [1.82, 2.24) is 0 Å².